The van der Waals surface area contributed by atoms with Gasteiger partial charge in [-0.2, -0.15) is 13.2 Å². The molecule has 0 saturated heterocycles. The second-order valence-corrected chi connectivity index (χ2v) is 9.99. The molecule has 8 heteroatoms. The summed E-state index contributed by atoms with van der Waals surface area (Å²) in [5, 5.41) is 12.1. The van der Waals surface area contributed by atoms with Crippen LogP contribution in [0.1, 0.15) is 57.2 Å². The van der Waals surface area contributed by atoms with Crippen LogP contribution in [0, 0.1) is 11.3 Å². The molecule has 1 fully saturated rings. The molecule has 0 spiro atoms. The van der Waals surface area contributed by atoms with Crippen molar-refractivity contribution in [3.05, 3.63) is 59.7 Å². The van der Waals surface area contributed by atoms with Crippen LogP contribution in [0.2, 0.25) is 0 Å². The Kier molecular flexibility index (Phi) is 6.18. The number of nitrogens with one attached hydrogen (secondary N) is 1. The first-order chi connectivity index (χ1) is 15.9. The smallest absolute Gasteiger partial charge is 0.416 e. The highest BCUT2D eigenvalue weighted by atomic mass is 19.4. The van der Waals surface area contributed by atoms with Gasteiger partial charge in [-0.05, 0) is 78.6 Å². The molecule has 4 rings (SSSR count). The Morgan fingerprint density at radius 3 is 2.50 bits per heavy atom. The van der Waals surface area contributed by atoms with Crippen molar-refractivity contribution in [3.8, 4) is 0 Å². The average molecular weight is 472 g/mol. The van der Waals surface area contributed by atoms with Crippen molar-refractivity contribution in [1.29, 1.82) is 0 Å². The van der Waals surface area contributed by atoms with E-state index in [0.29, 0.717) is 28.6 Å². The van der Waals surface area contributed by atoms with Crippen LogP contribution in [0.4, 0.5) is 24.8 Å². The molecule has 3 aromatic rings. The second kappa shape index (κ2) is 8.81. The molecule has 1 aromatic heterocycles. The maximum Gasteiger partial charge on any atom is 0.416 e. The van der Waals surface area contributed by atoms with E-state index in [1.807, 2.05) is 18.2 Å². The van der Waals surface area contributed by atoms with E-state index in [0.717, 1.165) is 43.0 Å². The van der Waals surface area contributed by atoms with Crippen LogP contribution in [0.5, 0.6) is 0 Å². The van der Waals surface area contributed by atoms with Crippen molar-refractivity contribution >= 4 is 34.7 Å². The molecule has 0 bridgehead atoms. The van der Waals surface area contributed by atoms with E-state index < -0.39 is 17.7 Å². The summed E-state index contributed by atoms with van der Waals surface area (Å²) in [5.41, 5.74) is 2.25. The molecular formula is C26H28F3N3O2. The Bertz CT molecular complexity index is 1230. The number of anilines is 2. The maximum atomic E-state index is 13.0. The van der Waals surface area contributed by atoms with Crippen LogP contribution in [0.15, 0.2) is 48.5 Å². The number of benzene rings is 2. The fourth-order valence-corrected chi connectivity index (χ4v) is 5.21. The molecule has 0 aliphatic heterocycles. The largest absolute Gasteiger partial charge is 0.478 e. The number of halogens is 3. The van der Waals surface area contributed by atoms with E-state index >= 15 is 0 Å². The van der Waals surface area contributed by atoms with Crippen LogP contribution >= 0.6 is 0 Å². The van der Waals surface area contributed by atoms with E-state index in [1.54, 1.807) is 0 Å². The highest BCUT2D eigenvalue weighted by molar-refractivity contribution is 5.87. The summed E-state index contributed by atoms with van der Waals surface area (Å²) in [5.74, 6) is 0.0422. The van der Waals surface area contributed by atoms with Crippen molar-refractivity contribution in [2.75, 3.05) is 5.32 Å². The Morgan fingerprint density at radius 2 is 1.88 bits per heavy atom. The Hall–Kier alpha value is -3.29. The number of carbonyl (C=O) groups is 1. The third kappa shape index (κ3) is 5.26. The fraction of sp³-hybridized carbons (Fsp3) is 0.385. The first-order valence-electron chi connectivity index (χ1n) is 11.3. The molecule has 2 N–H and O–H groups in total. The normalized spacial score (nSPS) is 20.6. The average Bonchev–Trinajstić information content (AvgIpc) is 3.07. The predicted octanol–water partition coefficient (Wildman–Crippen LogP) is 7.28. The van der Waals surface area contributed by atoms with Gasteiger partial charge in [0.15, 0.2) is 0 Å². The molecule has 180 valence electrons. The minimum Gasteiger partial charge on any atom is -0.478 e. The van der Waals surface area contributed by atoms with Gasteiger partial charge in [-0.1, -0.05) is 26.8 Å². The van der Waals surface area contributed by atoms with Crippen LogP contribution in [0.3, 0.4) is 0 Å². The van der Waals surface area contributed by atoms with Crippen LogP contribution in [-0.4, -0.2) is 20.6 Å². The van der Waals surface area contributed by atoms with Gasteiger partial charge < -0.3 is 15.0 Å². The molecule has 0 radical (unpaired) electrons. The Morgan fingerprint density at radius 1 is 1.18 bits per heavy atom. The molecule has 1 aliphatic carbocycles. The van der Waals surface area contributed by atoms with E-state index in [4.69, 9.17) is 10.1 Å². The molecule has 2 aromatic carbocycles. The molecule has 34 heavy (non-hydrogen) atoms. The molecule has 1 heterocycles. The Balaban J connectivity index is 1.77. The first-order valence-corrected chi connectivity index (χ1v) is 11.3. The highest BCUT2D eigenvalue weighted by Gasteiger charge is 2.35. The number of aliphatic carboxylic acids is 1. The van der Waals surface area contributed by atoms with Crippen molar-refractivity contribution < 1.29 is 23.1 Å². The topological polar surface area (TPSA) is 67.2 Å². The number of rotatable bonds is 5. The molecule has 0 unspecified atom stereocenters. The van der Waals surface area contributed by atoms with Crippen molar-refractivity contribution in [3.63, 3.8) is 0 Å². The van der Waals surface area contributed by atoms with Gasteiger partial charge in [0.2, 0.25) is 5.95 Å². The zero-order chi connectivity index (χ0) is 24.7. The SMILES string of the molecule is C[C@H]1C[C@@H](n2c(Nc3ccc(C(F)(F)F)cc3)nc3cc(C=CC(=O)O)ccc32)CC(C)(C)C1. The summed E-state index contributed by atoms with van der Waals surface area (Å²) >= 11 is 0. The number of hydrogen-bond acceptors (Lipinski definition) is 3. The lowest BCUT2D eigenvalue weighted by molar-refractivity contribution is -0.137. The number of nitrogens with zero attached hydrogens (tertiary/aromatic N) is 2. The van der Waals surface area contributed by atoms with Crippen LogP contribution in [0.25, 0.3) is 17.1 Å². The van der Waals surface area contributed by atoms with E-state index in [9.17, 15) is 18.0 Å². The lowest BCUT2D eigenvalue weighted by Crippen LogP contribution is -2.29. The zero-order valence-electron chi connectivity index (χ0n) is 19.4. The summed E-state index contributed by atoms with van der Waals surface area (Å²) in [4.78, 5) is 15.7. The molecule has 5 nitrogen and oxygen atoms in total. The van der Waals surface area contributed by atoms with Gasteiger partial charge in [-0.25, -0.2) is 9.78 Å². The third-order valence-electron chi connectivity index (χ3n) is 6.33. The van der Waals surface area contributed by atoms with Gasteiger partial charge in [0.25, 0.3) is 0 Å². The number of fused-ring (bicyclic) bond motifs is 1. The van der Waals surface area contributed by atoms with Crippen molar-refractivity contribution in [2.45, 2.75) is 52.3 Å². The molecule has 2 atom stereocenters. The fourth-order valence-electron chi connectivity index (χ4n) is 5.21. The van der Waals surface area contributed by atoms with Gasteiger partial charge >= 0.3 is 12.1 Å². The predicted molar refractivity (Wildman–Crippen MR) is 127 cm³/mol. The number of imidazole rings is 1. The summed E-state index contributed by atoms with van der Waals surface area (Å²) in [7, 11) is 0. The van der Waals surface area contributed by atoms with E-state index in [2.05, 4.69) is 30.7 Å². The number of carboxylic acid groups (broad SMARTS) is 1. The quantitative estimate of drug-likeness (QED) is 0.384. The van der Waals surface area contributed by atoms with Crippen LogP contribution < -0.4 is 5.32 Å². The summed E-state index contributed by atoms with van der Waals surface area (Å²) in [6.07, 6.45) is 1.24. The van der Waals surface area contributed by atoms with E-state index in [1.165, 1.54) is 18.2 Å². The van der Waals surface area contributed by atoms with Gasteiger partial charge in [0.05, 0.1) is 16.6 Å². The number of alkyl halides is 3. The van der Waals surface area contributed by atoms with Crippen molar-refractivity contribution in [1.82, 2.24) is 9.55 Å². The summed E-state index contributed by atoms with van der Waals surface area (Å²) in [6, 6.07) is 10.7. The zero-order valence-corrected chi connectivity index (χ0v) is 19.4. The van der Waals surface area contributed by atoms with Gasteiger partial charge in [-0.3, -0.25) is 0 Å². The van der Waals surface area contributed by atoms with Crippen LogP contribution in [-0.2, 0) is 11.0 Å². The third-order valence-corrected chi connectivity index (χ3v) is 6.33. The minimum atomic E-state index is -4.39. The first kappa shape index (κ1) is 23.9. The maximum absolute atomic E-state index is 13.0. The molecule has 1 aliphatic rings. The number of hydrogen-bond donors (Lipinski definition) is 2. The lowest BCUT2D eigenvalue weighted by Gasteiger charge is -2.40. The highest BCUT2D eigenvalue weighted by Crippen LogP contribution is 2.46. The molecular weight excluding hydrogens is 443 g/mol. The Labute approximate surface area is 196 Å². The standard InChI is InChI=1S/C26H28F3N3O2/c1-16-12-20(15-25(2,3)14-16)32-22-10-4-17(5-11-23(33)34)13-21(22)31-24(32)30-19-8-6-18(7-9-19)26(27,28)29/h4-11,13,16,20H,12,14-15H2,1-3H3,(H,30,31)(H,33,34)/t16-,20+/m0/s1. The number of carboxylic acids is 1. The van der Waals surface area contributed by atoms with Gasteiger partial charge in [-0.15, -0.1) is 0 Å². The molecule has 1 saturated carbocycles. The monoisotopic (exact) mass is 471 g/mol. The lowest BCUT2D eigenvalue weighted by atomic mass is 9.70. The van der Waals surface area contributed by atoms with Crippen molar-refractivity contribution in [2.24, 2.45) is 11.3 Å². The van der Waals surface area contributed by atoms with Gasteiger partial charge in [0.1, 0.15) is 0 Å². The summed E-state index contributed by atoms with van der Waals surface area (Å²) in [6.45, 7) is 6.75. The minimum absolute atomic E-state index is 0.148. The number of aromatic nitrogens is 2. The second-order valence-electron chi connectivity index (χ2n) is 9.99. The van der Waals surface area contributed by atoms with E-state index in [-0.39, 0.29) is 11.5 Å². The molecule has 0 amide bonds. The summed E-state index contributed by atoms with van der Waals surface area (Å²) < 4.78 is 41.1. The van der Waals surface area contributed by atoms with Gasteiger partial charge in [0, 0.05) is 17.8 Å².